The van der Waals surface area contributed by atoms with Crippen molar-refractivity contribution in [2.45, 2.75) is 19.9 Å². The van der Waals surface area contributed by atoms with E-state index in [4.69, 9.17) is 5.11 Å². The average molecular weight is 322 g/mol. The van der Waals surface area contributed by atoms with Gasteiger partial charge in [0, 0.05) is 35.2 Å². The molecule has 1 aromatic heterocycles. The lowest BCUT2D eigenvalue weighted by Crippen LogP contribution is -2.02. The van der Waals surface area contributed by atoms with Gasteiger partial charge in [-0.15, -0.1) is 0 Å². The Morgan fingerprint density at radius 2 is 1.92 bits per heavy atom. The second-order valence-electron chi connectivity index (χ2n) is 5.59. The molecule has 0 saturated heterocycles. The largest absolute Gasteiger partial charge is 0.478 e. The molecule has 2 N–H and O–H groups in total. The Morgan fingerprint density at radius 1 is 1.17 bits per heavy atom. The summed E-state index contributed by atoms with van der Waals surface area (Å²) in [5.41, 5.74) is 4.35. The molecule has 5 nitrogen and oxygen atoms in total. The highest BCUT2D eigenvalue weighted by Crippen LogP contribution is 2.24. The minimum atomic E-state index is -0.916. The number of carbonyl (C=O) groups is 2. The number of rotatable bonds is 6. The second-order valence-corrected chi connectivity index (χ2v) is 5.59. The number of carboxylic acids is 1. The predicted octanol–water partition coefficient (Wildman–Crippen LogP) is 3.52. The van der Waals surface area contributed by atoms with Gasteiger partial charge in [0.25, 0.3) is 0 Å². The first-order valence-electron chi connectivity index (χ1n) is 7.77. The molecule has 122 valence electrons. The van der Waals surface area contributed by atoms with Crippen LogP contribution < -0.4 is 5.32 Å². The molecular formula is C19H18N2O3. The van der Waals surface area contributed by atoms with Crippen LogP contribution in [0, 0.1) is 0 Å². The van der Waals surface area contributed by atoms with E-state index < -0.39 is 5.97 Å². The molecule has 1 amide bonds. The van der Waals surface area contributed by atoms with Crippen molar-refractivity contribution < 1.29 is 14.7 Å². The van der Waals surface area contributed by atoms with Gasteiger partial charge in [0.1, 0.15) is 0 Å². The molecule has 0 unspecified atom stereocenters. The zero-order chi connectivity index (χ0) is 17.1. The lowest BCUT2D eigenvalue weighted by atomic mass is 10.1. The van der Waals surface area contributed by atoms with Crippen LogP contribution in [0.1, 0.15) is 28.5 Å². The summed E-state index contributed by atoms with van der Waals surface area (Å²) < 4.78 is 2.19. The number of amides is 1. The molecule has 0 aliphatic heterocycles. The van der Waals surface area contributed by atoms with Gasteiger partial charge in [0.05, 0.1) is 5.56 Å². The van der Waals surface area contributed by atoms with Crippen molar-refractivity contribution in [2.75, 3.05) is 5.32 Å². The van der Waals surface area contributed by atoms with Gasteiger partial charge in [0.2, 0.25) is 6.41 Å². The fourth-order valence-electron chi connectivity index (χ4n) is 2.98. The van der Waals surface area contributed by atoms with E-state index in [0.29, 0.717) is 12.0 Å². The van der Waals surface area contributed by atoms with Gasteiger partial charge in [0.15, 0.2) is 0 Å². The third-order valence-corrected chi connectivity index (χ3v) is 4.12. The number of hydrogen-bond donors (Lipinski definition) is 2. The highest BCUT2D eigenvalue weighted by atomic mass is 16.4. The third kappa shape index (κ3) is 3.01. The number of aryl methyl sites for hydroxylation is 1. The number of nitrogens with one attached hydrogen (secondary N) is 1. The number of carboxylic acid groups (broad SMARTS) is 1. The molecule has 3 rings (SSSR count). The summed E-state index contributed by atoms with van der Waals surface area (Å²) in [6.45, 7) is 2.89. The van der Waals surface area contributed by atoms with Crippen LogP contribution in [0.3, 0.4) is 0 Å². The van der Waals surface area contributed by atoms with E-state index in [0.717, 1.165) is 40.8 Å². The quantitative estimate of drug-likeness (QED) is 0.682. The van der Waals surface area contributed by atoms with Crippen LogP contribution in [-0.2, 0) is 17.8 Å². The van der Waals surface area contributed by atoms with Crippen LogP contribution in [-0.4, -0.2) is 22.1 Å². The molecule has 0 bridgehead atoms. The molecule has 0 aliphatic carbocycles. The van der Waals surface area contributed by atoms with Crippen molar-refractivity contribution in [3.8, 4) is 0 Å². The number of anilines is 1. The van der Waals surface area contributed by atoms with E-state index in [1.807, 2.05) is 36.4 Å². The Labute approximate surface area is 139 Å². The van der Waals surface area contributed by atoms with Crippen molar-refractivity contribution in [3.05, 3.63) is 65.4 Å². The second kappa shape index (κ2) is 6.58. The maximum absolute atomic E-state index is 11.1. The minimum absolute atomic E-state index is 0.298. The highest BCUT2D eigenvalue weighted by molar-refractivity contribution is 5.94. The summed E-state index contributed by atoms with van der Waals surface area (Å²) in [6.07, 6.45) is 1.40. The van der Waals surface area contributed by atoms with Crippen LogP contribution in [0.2, 0.25) is 0 Å². The molecule has 24 heavy (non-hydrogen) atoms. The first kappa shape index (κ1) is 15.8. The van der Waals surface area contributed by atoms with Crippen LogP contribution in [0.15, 0.2) is 48.5 Å². The standard InChI is InChI=1S/C19H18N2O3/c1-2-21-17(9-13-3-6-16(7-4-13)20-12-22)11-15-10-14(19(23)24)5-8-18(15)21/h3-8,10-12H,2,9H2,1H3,(H,20,22)(H,23,24). The number of aromatic nitrogens is 1. The smallest absolute Gasteiger partial charge is 0.335 e. The fourth-order valence-corrected chi connectivity index (χ4v) is 2.98. The summed E-state index contributed by atoms with van der Waals surface area (Å²) in [5, 5.41) is 12.7. The Kier molecular flexibility index (Phi) is 4.33. The number of fused-ring (bicyclic) bond motifs is 1. The van der Waals surface area contributed by atoms with Crippen molar-refractivity contribution in [2.24, 2.45) is 0 Å². The van der Waals surface area contributed by atoms with Gasteiger partial charge in [-0.25, -0.2) is 4.79 Å². The predicted molar refractivity (Wildman–Crippen MR) is 93.5 cm³/mol. The Balaban J connectivity index is 1.95. The molecule has 3 aromatic rings. The number of benzene rings is 2. The highest BCUT2D eigenvalue weighted by Gasteiger charge is 2.11. The van der Waals surface area contributed by atoms with E-state index >= 15 is 0 Å². The number of aromatic carboxylic acids is 1. The lowest BCUT2D eigenvalue weighted by molar-refractivity contribution is -0.105. The van der Waals surface area contributed by atoms with Gasteiger partial charge in [-0.3, -0.25) is 4.79 Å². The molecule has 5 heteroatoms. The summed E-state index contributed by atoms with van der Waals surface area (Å²) in [7, 11) is 0. The van der Waals surface area contributed by atoms with Crippen LogP contribution >= 0.6 is 0 Å². The Hall–Kier alpha value is -3.08. The summed E-state index contributed by atoms with van der Waals surface area (Å²) in [6, 6.07) is 14.9. The van der Waals surface area contributed by atoms with Crippen molar-refractivity contribution >= 4 is 29.0 Å². The van der Waals surface area contributed by atoms with Gasteiger partial charge >= 0.3 is 5.97 Å². The molecule has 2 aromatic carbocycles. The van der Waals surface area contributed by atoms with E-state index in [1.54, 1.807) is 12.1 Å². The molecule has 0 fully saturated rings. The normalized spacial score (nSPS) is 10.7. The zero-order valence-corrected chi connectivity index (χ0v) is 13.3. The molecule has 0 aliphatic rings. The molecule has 0 atom stereocenters. The van der Waals surface area contributed by atoms with Crippen LogP contribution in [0.5, 0.6) is 0 Å². The average Bonchev–Trinajstić information content (AvgIpc) is 2.92. The number of nitrogens with zero attached hydrogens (tertiary/aromatic N) is 1. The zero-order valence-electron chi connectivity index (χ0n) is 13.3. The fraction of sp³-hybridized carbons (Fsp3) is 0.158. The van der Waals surface area contributed by atoms with Gasteiger partial charge in [-0.1, -0.05) is 12.1 Å². The summed E-state index contributed by atoms with van der Waals surface area (Å²) in [5.74, 6) is -0.916. The molecule has 0 spiro atoms. The Bertz CT molecular complexity index is 895. The maximum atomic E-state index is 11.1. The Morgan fingerprint density at radius 3 is 2.54 bits per heavy atom. The maximum Gasteiger partial charge on any atom is 0.335 e. The van der Waals surface area contributed by atoms with Gasteiger partial charge in [-0.2, -0.15) is 0 Å². The van der Waals surface area contributed by atoms with E-state index in [9.17, 15) is 9.59 Å². The third-order valence-electron chi connectivity index (χ3n) is 4.12. The van der Waals surface area contributed by atoms with E-state index in [2.05, 4.69) is 16.8 Å². The molecule has 0 radical (unpaired) electrons. The minimum Gasteiger partial charge on any atom is -0.478 e. The molecule has 1 heterocycles. The van der Waals surface area contributed by atoms with E-state index in [1.165, 1.54) is 0 Å². The van der Waals surface area contributed by atoms with Crippen molar-refractivity contribution in [1.82, 2.24) is 4.57 Å². The lowest BCUT2D eigenvalue weighted by Gasteiger charge is -2.09. The topological polar surface area (TPSA) is 71.3 Å². The summed E-state index contributed by atoms with van der Waals surface area (Å²) in [4.78, 5) is 21.6. The van der Waals surface area contributed by atoms with Crippen molar-refractivity contribution in [1.29, 1.82) is 0 Å². The van der Waals surface area contributed by atoms with Crippen LogP contribution in [0.25, 0.3) is 10.9 Å². The first-order valence-corrected chi connectivity index (χ1v) is 7.77. The van der Waals surface area contributed by atoms with Crippen molar-refractivity contribution in [3.63, 3.8) is 0 Å². The van der Waals surface area contributed by atoms with Gasteiger partial charge < -0.3 is 15.0 Å². The van der Waals surface area contributed by atoms with Crippen LogP contribution in [0.4, 0.5) is 5.69 Å². The molecular weight excluding hydrogens is 304 g/mol. The first-order chi connectivity index (χ1) is 11.6. The summed E-state index contributed by atoms with van der Waals surface area (Å²) >= 11 is 0. The monoisotopic (exact) mass is 322 g/mol. The SMILES string of the molecule is CCn1c(Cc2ccc(NC=O)cc2)cc2cc(C(=O)O)ccc21. The molecule has 0 saturated carbocycles. The van der Waals surface area contributed by atoms with E-state index in [-0.39, 0.29) is 0 Å². The number of hydrogen-bond acceptors (Lipinski definition) is 2. The van der Waals surface area contributed by atoms with Gasteiger partial charge in [-0.05, 0) is 48.9 Å². The number of carbonyl (C=O) groups excluding carboxylic acids is 1.